The molecule has 0 aliphatic rings. The first-order valence-corrected chi connectivity index (χ1v) is 4.17. The summed E-state index contributed by atoms with van der Waals surface area (Å²) in [5.41, 5.74) is 11.8. The largest absolute Gasteiger partial charge is 0.329 e. The lowest BCUT2D eigenvalue weighted by Gasteiger charge is -2.08. The molecule has 3 nitrogen and oxygen atoms in total. The van der Waals surface area contributed by atoms with E-state index in [1.54, 1.807) is 12.3 Å². The van der Waals surface area contributed by atoms with Gasteiger partial charge in [0.1, 0.15) is 5.15 Å². The highest BCUT2D eigenvalue weighted by atomic mass is 35.5. The maximum absolute atomic E-state index is 5.72. The third-order valence-electron chi connectivity index (χ3n) is 1.50. The molecule has 0 saturated heterocycles. The number of hydrogen-bond donors (Lipinski definition) is 2. The van der Waals surface area contributed by atoms with E-state index in [1.165, 1.54) is 0 Å². The molecule has 0 amide bonds. The lowest BCUT2D eigenvalue weighted by atomic mass is 10.1. The number of halogens is 2. The van der Waals surface area contributed by atoms with Gasteiger partial charge in [-0.2, -0.15) is 0 Å². The van der Waals surface area contributed by atoms with Crippen molar-refractivity contribution in [3.05, 3.63) is 28.0 Å². The fraction of sp³-hybridized carbons (Fsp3) is 0.286. The summed E-state index contributed by atoms with van der Waals surface area (Å²) in [6.45, 7) is 0.361. The maximum Gasteiger partial charge on any atom is 0.147 e. The minimum atomic E-state index is -0.229. The van der Waals surface area contributed by atoms with Crippen molar-refractivity contribution in [2.75, 3.05) is 6.54 Å². The van der Waals surface area contributed by atoms with Crippen LogP contribution in [0.5, 0.6) is 0 Å². The van der Waals surface area contributed by atoms with Crippen molar-refractivity contribution in [3.8, 4) is 0 Å². The highest BCUT2D eigenvalue weighted by Gasteiger charge is 2.06. The van der Waals surface area contributed by atoms with Crippen LogP contribution >= 0.6 is 23.2 Å². The second-order valence-corrected chi connectivity index (χ2v) is 3.15. The molecule has 0 aliphatic carbocycles. The summed E-state index contributed by atoms with van der Waals surface area (Å²) >= 11 is 11.3. The van der Waals surface area contributed by atoms with Crippen molar-refractivity contribution in [3.63, 3.8) is 0 Å². The van der Waals surface area contributed by atoms with Crippen LogP contribution in [0.25, 0.3) is 0 Å². The van der Waals surface area contributed by atoms with Gasteiger partial charge < -0.3 is 11.5 Å². The predicted molar refractivity (Wildman–Crippen MR) is 50.2 cm³/mol. The minimum Gasteiger partial charge on any atom is -0.329 e. The molecule has 1 rings (SSSR count). The number of nitrogens with two attached hydrogens (primary N) is 2. The molecule has 0 aromatic carbocycles. The lowest BCUT2D eigenvalue weighted by Crippen LogP contribution is -2.20. The van der Waals surface area contributed by atoms with Crippen LogP contribution in [-0.2, 0) is 0 Å². The second-order valence-electron chi connectivity index (χ2n) is 2.38. The van der Waals surface area contributed by atoms with Gasteiger partial charge in [0.15, 0.2) is 0 Å². The average molecular weight is 206 g/mol. The molecule has 1 aromatic heterocycles. The summed E-state index contributed by atoms with van der Waals surface area (Å²) in [6, 6.07) is 1.45. The molecular weight excluding hydrogens is 197 g/mol. The first-order chi connectivity index (χ1) is 5.65. The lowest BCUT2D eigenvalue weighted by molar-refractivity contribution is 0.733. The van der Waals surface area contributed by atoms with Gasteiger partial charge in [0.05, 0.1) is 5.02 Å². The summed E-state index contributed by atoms with van der Waals surface area (Å²) in [6.07, 6.45) is 1.58. The summed E-state index contributed by atoms with van der Waals surface area (Å²) in [4.78, 5) is 3.85. The molecular formula is C7H9Cl2N3. The fourth-order valence-electron chi connectivity index (χ4n) is 0.775. The van der Waals surface area contributed by atoms with Gasteiger partial charge in [-0.3, -0.25) is 0 Å². The molecule has 0 unspecified atom stereocenters. The van der Waals surface area contributed by atoms with E-state index >= 15 is 0 Å². The molecule has 0 aliphatic heterocycles. The Morgan fingerprint density at radius 2 is 2.17 bits per heavy atom. The molecule has 0 fully saturated rings. The van der Waals surface area contributed by atoms with Gasteiger partial charge in [0, 0.05) is 18.8 Å². The third-order valence-corrected chi connectivity index (χ3v) is 2.19. The Labute approximate surface area is 80.7 Å². The number of nitrogens with zero attached hydrogens (tertiary/aromatic N) is 1. The van der Waals surface area contributed by atoms with Crippen LogP contribution in [0.1, 0.15) is 11.6 Å². The molecule has 5 heteroatoms. The Kier molecular flexibility index (Phi) is 3.29. The Morgan fingerprint density at radius 3 is 2.67 bits per heavy atom. The van der Waals surface area contributed by atoms with Crippen LogP contribution in [-0.4, -0.2) is 11.5 Å². The van der Waals surface area contributed by atoms with Gasteiger partial charge >= 0.3 is 0 Å². The zero-order valence-electron chi connectivity index (χ0n) is 6.30. The molecule has 0 bridgehead atoms. The van der Waals surface area contributed by atoms with Crippen LogP contribution in [0, 0.1) is 0 Å². The molecule has 0 radical (unpaired) electrons. The number of aromatic nitrogens is 1. The van der Waals surface area contributed by atoms with Crippen molar-refractivity contribution in [1.82, 2.24) is 4.98 Å². The van der Waals surface area contributed by atoms with Crippen molar-refractivity contribution in [2.45, 2.75) is 6.04 Å². The van der Waals surface area contributed by atoms with Crippen LogP contribution < -0.4 is 11.5 Å². The quantitative estimate of drug-likeness (QED) is 0.717. The number of rotatable bonds is 2. The maximum atomic E-state index is 5.72. The zero-order chi connectivity index (χ0) is 9.14. The Morgan fingerprint density at radius 1 is 1.50 bits per heavy atom. The highest BCUT2D eigenvalue weighted by molar-refractivity contribution is 6.41. The molecule has 1 aromatic rings. The van der Waals surface area contributed by atoms with Crippen molar-refractivity contribution >= 4 is 23.2 Å². The number of hydrogen-bond acceptors (Lipinski definition) is 3. The Hall–Kier alpha value is -0.350. The van der Waals surface area contributed by atoms with E-state index in [-0.39, 0.29) is 11.2 Å². The van der Waals surface area contributed by atoms with E-state index in [9.17, 15) is 0 Å². The molecule has 4 N–H and O–H groups in total. The summed E-state index contributed by atoms with van der Waals surface area (Å²) in [5.74, 6) is 0. The van der Waals surface area contributed by atoms with Crippen LogP contribution in [0.2, 0.25) is 10.2 Å². The smallest absolute Gasteiger partial charge is 0.147 e. The molecule has 0 saturated carbocycles. The van der Waals surface area contributed by atoms with Crippen molar-refractivity contribution in [2.24, 2.45) is 11.5 Å². The van der Waals surface area contributed by atoms with Crippen molar-refractivity contribution in [1.29, 1.82) is 0 Å². The number of pyridine rings is 1. The summed E-state index contributed by atoms with van der Waals surface area (Å²) in [5, 5.41) is 0.683. The molecule has 1 heterocycles. The first-order valence-electron chi connectivity index (χ1n) is 3.41. The molecule has 0 spiro atoms. The van der Waals surface area contributed by atoms with Gasteiger partial charge in [-0.1, -0.05) is 23.2 Å². The van der Waals surface area contributed by atoms with E-state index in [1.807, 2.05) is 0 Å². The van der Waals surface area contributed by atoms with E-state index in [2.05, 4.69) is 4.98 Å². The third kappa shape index (κ3) is 2.08. The Balaban J connectivity index is 2.96. The zero-order valence-corrected chi connectivity index (χ0v) is 7.81. The highest BCUT2D eigenvalue weighted by Crippen LogP contribution is 2.21. The predicted octanol–water partition coefficient (Wildman–Crippen LogP) is 1.35. The van der Waals surface area contributed by atoms with Gasteiger partial charge in [-0.15, -0.1) is 0 Å². The van der Waals surface area contributed by atoms with Gasteiger partial charge in [0.2, 0.25) is 0 Å². The second kappa shape index (κ2) is 4.05. The van der Waals surface area contributed by atoms with Crippen molar-refractivity contribution < 1.29 is 0 Å². The summed E-state index contributed by atoms with van der Waals surface area (Å²) in [7, 11) is 0. The minimum absolute atomic E-state index is 0.229. The topological polar surface area (TPSA) is 64.9 Å². The van der Waals surface area contributed by atoms with Gasteiger partial charge in [-0.05, 0) is 11.6 Å². The van der Waals surface area contributed by atoms with Gasteiger partial charge in [0.25, 0.3) is 0 Å². The van der Waals surface area contributed by atoms with E-state index < -0.39 is 0 Å². The van der Waals surface area contributed by atoms with E-state index in [0.29, 0.717) is 11.6 Å². The monoisotopic (exact) mass is 205 g/mol. The SMILES string of the molecule is NC[C@@H](N)c1cnc(Cl)c(Cl)c1. The Bertz CT molecular complexity index is 277. The molecule has 66 valence electrons. The van der Waals surface area contributed by atoms with E-state index in [0.717, 1.165) is 5.56 Å². The molecule has 12 heavy (non-hydrogen) atoms. The van der Waals surface area contributed by atoms with Crippen LogP contribution in [0.3, 0.4) is 0 Å². The summed E-state index contributed by atoms with van der Waals surface area (Å²) < 4.78 is 0. The molecule has 1 atom stereocenters. The fourth-order valence-corrected chi connectivity index (χ4v) is 1.05. The van der Waals surface area contributed by atoms with Crippen LogP contribution in [0.4, 0.5) is 0 Å². The standard InChI is InChI=1S/C7H9Cl2N3/c8-5-1-4(6(11)2-10)3-12-7(5)9/h1,3,6H,2,10-11H2/t6-/m1/s1. The van der Waals surface area contributed by atoms with Crippen LogP contribution in [0.15, 0.2) is 12.3 Å². The average Bonchev–Trinajstić information content (AvgIpc) is 2.08. The normalized spacial score (nSPS) is 13.0. The van der Waals surface area contributed by atoms with Gasteiger partial charge in [-0.25, -0.2) is 4.98 Å². The first kappa shape index (κ1) is 9.74. The van der Waals surface area contributed by atoms with E-state index in [4.69, 9.17) is 34.7 Å².